The van der Waals surface area contributed by atoms with E-state index in [1.54, 1.807) is 48.5 Å². The molecule has 0 aromatic heterocycles. The van der Waals surface area contributed by atoms with Gasteiger partial charge in [-0.05, 0) is 35.9 Å². The molecule has 5 nitrogen and oxygen atoms in total. The van der Waals surface area contributed by atoms with Crippen molar-refractivity contribution in [1.29, 1.82) is 0 Å². The van der Waals surface area contributed by atoms with Crippen LogP contribution in [0.25, 0.3) is 11.6 Å². The fourth-order valence-corrected chi connectivity index (χ4v) is 2.81. The highest BCUT2D eigenvalue weighted by Crippen LogP contribution is 2.35. The Labute approximate surface area is 141 Å². The summed E-state index contributed by atoms with van der Waals surface area (Å²) in [5.74, 6) is -0.191. The molecule has 0 radical (unpaired) electrons. The van der Waals surface area contributed by atoms with E-state index in [1.807, 2.05) is 0 Å². The summed E-state index contributed by atoms with van der Waals surface area (Å²) < 4.78 is 23.0. The normalized spacial score (nSPS) is 16.1. The molecule has 1 unspecified atom stereocenters. The zero-order chi connectivity index (χ0) is 16.6. The Hall–Kier alpha value is -2.15. The third kappa shape index (κ3) is 3.14. The predicted molar refractivity (Wildman–Crippen MR) is 91.7 cm³/mol. The van der Waals surface area contributed by atoms with Crippen LogP contribution < -0.4 is 9.62 Å². The molecule has 1 amide bonds. The summed E-state index contributed by atoms with van der Waals surface area (Å²) in [6.07, 6.45) is 1.76. The maximum Gasteiger partial charge on any atom is 0.256 e. The van der Waals surface area contributed by atoms with Gasteiger partial charge in [-0.3, -0.25) is 9.00 Å². The van der Waals surface area contributed by atoms with Crippen LogP contribution in [0.4, 0.5) is 11.4 Å². The molecule has 1 N–H and O–H groups in total. The van der Waals surface area contributed by atoms with Crippen LogP contribution in [-0.4, -0.2) is 21.7 Å². The van der Waals surface area contributed by atoms with Crippen LogP contribution in [0.15, 0.2) is 42.5 Å². The summed E-state index contributed by atoms with van der Waals surface area (Å²) in [4.78, 5) is 12.1. The highest BCUT2D eigenvalue weighted by atomic mass is 35.5. The Morgan fingerprint density at radius 1 is 1.22 bits per heavy atom. The number of carbonyl (C=O) groups is 1. The van der Waals surface area contributed by atoms with Crippen molar-refractivity contribution in [2.45, 2.75) is 0 Å². The van der Waals surface area contributed by atoms with Gasteiger partial charge in [-0.15, -0.1) is 0 Å². The second-order valence-corrected chi connectivity index (χ2v) is 6.43. The van der Waals surface area contributed by atoms with Crippen molar-refractivity contribution in [3.63, 3.8) is 0 Å². The van der Waals surface area contributed by atoms with Crippen molar-refractivity contribution < 1.29 is 13.6 Å². The van der Waals surface area contributed by atoms with E-state index >= 15 is 0 Å². The minimum absolute atomic E-state index is 0.191. The van der Waals surface area contributed by atoms with Gasteiger partial charge in [0.15, 0.2) is 0 Å². The van der Waals surface area contributed by atoms with E-state index in [0.29, 0.717) is 22.0 Å². The van der Waals surface area contributed by atoms with Gasteiger partial charge in [-0.2, -0.15) is 0 Å². The Morgan fingerprint density at radius 3 is 2.57 bits per heavy atom. The second-order valence-electron chi connectivity index (χ2n) is 5.01. The molecule has 23 heavy (non-hydrogen) atoms. The lowest BCUT2D eigenvalue weighted by Gasteiger charge is -2.21. The van der Waals surface area contributed by atoms with E-state index in [2.05, 4.69) is 5.32 Å². The van der Waals surface area contributed by atoms with Gasteiger partial charge in [-0.25, -0.2) is 0 Å². The number of nitrogens with one attached hydrogen (secondary N) is 1. The highest BCUT2D eigenvalue weighted by molar-refractivity contribution is 7.80. The standard InChI is InChI=1S/C16H13ClN2O3S/c1-19(23(21)22)12-5-2-10(3-6-12)8-14-13-7-4-11(17)9-15(13)18-16(14)20/h2-9H,1H3,(H,18,20)(H,21,22)/p-1/b14-8+. The van der Waals surface area contributed by atoms with Crippen LogP contribution in [0.5, 0.6) is 0 Å². The van der Waals surface area contributed by atoms with Crippen LogP contribution in [-0.2, 0) is 16.1 Å². The van der Waals surface area contributed by atoms with Crippen LogP contribution >= 0.6 is 11.6 Å². The first-order valence-corrected chi connectivity index (χ1v) is 8.13. The summed E-state index contributed by atoms with van der Waals surface area (Å²) >= 11 is 3.61. The molecular formula is C16H12ClN2O3S-. The first-order valence-electron chi connectivity index (χ1n) is 6.72. The summed E-state index contributed by atoms with van der Waals surface area (Å²) in [7, 11) is 1.46. The van der Waals surface area contributed by atoms with Crippen molar-refractivity contribution in [3.8, 4) is 0 Å². The topological polar surface area (TPSA) is 72.5 Å². The number of halogens is 1. The molecule has 118 valence electrons. The number of amides is 1. The molecule has 2 aromatic carbocycles. The first kappa shape index (κ1) is 15.7. The SMILES string of the molecule is CN(c1ccc(/C=C2/C(=O)Nc3cc(Cl)ccc32)cc1)S(=O)[O-]. The van der Waals surface area contributed by atoms with Gasteiger partial charge in [0, 0.05) is 40.2 Å². The van der Waals surface area contributed by atoms with Gasteiger partial charge in [0.2, 0.25) is 0 Å². The third-order valence-corrected chi connectivity index (χ3v) is 4.45. The van der Waals surface area contributed by atoms with Crippen LogP contribution in [0.3, 0.4) is 0 Å². The van der Waals surface area contributed by atoms with Gasteiger partial charge in [0.1, 0.15) is 0 Å². The lowest BCUT2D eigenvalue weighted by Crippen LogP contribution is -2.19. The zero-order valence-electron chi connectivity index (χ0n) is 12.1. The number of fused-ring (bicyclic) bond motifs is 1. The quantitative estimate of drug-likeness (QED) is 0.685. The zero-order valence-corrected chi connectivity index (χ0v) is 13.6. The third-order valence-electron chi connectivity index (χ3n) is 3.56. The van der Waals surface area contributed by atoms with Gasteiger partial charge in [0.25, 0.3) is 5.91 Å². The Kier molecular flexibility index (Phi) is 4.21. The molecule has 0 saturated carbocycles. The molecule has 0 bridgehead atoms. The number of hydrogen-bond acceptors (Lipinski definition) is 3. The molecule has 3 rings (SSSR count). The first-order chi connectivity index (χ1) is 11.0. The lowest BCUT2D eigenvalue weighted by atomic mass is 10.0. The summed E-state index contributed by atoms with van der Waals surface area (Å²) in [5, 5.41) is 3.33. The van der Waals surface area contributed by atoms with Crippen LogP contribution in [0, 0.1) is 0 Å². The van der Waals surface area contributed by atoms with E-state index in [1.165, 1.54) is 7.05 Å². The summed E-state index contributed by atoms with van der Waals surface area (Å²) in [6.45, 7) is 0. The monoisotopic (exact) mass is 347 g/mol. The number of carbonyl (C=O) groups excluding carboxylic acids is 1. The molecule has 1 atom stereocenters. The maximum absolute atomic E-state index is 12.1. The molecule has 7 heteroatoms. The van der Waals surface area contributed by atoms with Gasteiger partial charge >= 0.3 is 0 Å². The molecular weight excluding hydrogens is 336 g/mol. The number of hydrogen-bond donors (Lipinski definition) is 1. The van der Waals surface area contributed by atoms with Gasteiger partial charge in [-0.1, -0.05) is 29.8 Å². The maximum atomic E-state index is 12.1. The summed E-state index contributed by atoms with van der Waals surface area (Å²) in [6, 6.07) is 12.1. The second kappa shape index (κ2) is 6.16. The largest absolute Gasteiger partial charge is 0.755 e. The fourth-order valence-electron chi connectivity index (χ4n) is 2.34. The molecule has 2 aromatic rings. The number of nitrogens with zero attached hydrogens (tertiary/aromatic N) is 1. The minimum Gasteiger partial charge on any atom is -0.755 e. The Morgan fingerprint density at radius 2 is 1.91 bits per heavy atom. The van der Waals surface area contributed by atoms with E-state index < -0.39 is 11.3 Å². The van der Waals surface area contributed by atoms with Crippen molar-refractivity contribution >= 4 is 51.8 Å². The smallest absolute Gasteiger partial charge is 0.256 e. The number of rotatable bonds is 3. The predicted octanol–water partition coefficient (Wildman–Crippen LogP) is 3.06. The number of anilines is 2. The van der Waals surface area contributed by atoms with Crippen molar-refractivity contribution in [2.24, 2.45) is 0 Å². The molecule has 1 aliphatic heterocycles. The van der Waals surface area contributed by atoms with Crippen molar-refractivity contribution in [2.75, 3.05) is 16.7 Å². The molecule has 1 heterocycles. The highest BCUT2D eigenvalue weighted by Gasteiger charge is 2.23. The molecule has 0 saturated heterocycles. The molecule has 1 aliphatic rings. The van der Waals surface area contributed by atoms with E-state index in [0.717, 1.165) is 15.4 Å². The van der Waals surface area contributed by atoms with E-state index in [-0.39, 0.29) is 5.91 Å². The Balaban J connectivity index is 1.94. The molecule has 0 spiro atoms. The fraction of sp³-hybridized carbons (Fsp3) is 0.0625. The minimum atomic E-state index is -2.32. The van der Waals surface area contributed by atoms with Crippen LogP contribution in [0.1, 0.15) is 11.1 Å². The van der Waals surface area contributed by atoms with Gasteiger partial charge in [0.05, 0.1) is 5.69 Å². The molecule has 0 fully saturated rings. The van der Waals surface area contributed by atoms with E-state index in [9.17, 15) is 13.6 Å². The summed E-state index contributed by atoms with van der Waals surface area (Å²) in [5.41, 5.74) is 3.37. The number of benzene rings is 2. The Bertz CT molecular complexity index is 834. The van der Waals surface area contributed by atoms with Crippen LogP contribution in [0.2, 0.25) is 5.02 Å². The lowest BCUT2D eigenvalue weighted by molar-refractivity contribution is -0.110. The average Bonchev–Trinajstić information content (AvgIpc) is 2.82. The average molecular weight is 348 g/mol. The van der Waals surface area contributed by atoms with Crippen molar-refractivity contribution in [3.05, 3.63) is 58.6 Å². The van der Waals surface area contributed by atoms with Gasteiger partial charge < -0.3 is 14.2 Å². The molecule has 0 aliphatic carbocycles. The van der Waals surface area contributed by atoms with E-state index in [4.69, 9.17) is 11.6 Å². The van der Waals surface area contributed by atoms with Crippen molar-refractivity contribution in [1.82, 2.24) is 0 Å².